The number of rotatable bonds is 7. The molecule has 1 fully saturated rings. The minimum atomic E-state index is -0.541. The van der Waals surface area contributed by atoms with E-state index >= 15 is 0 Å². The fraction of sp³-hybridized carbons (Fsp3) is 0.300. The second-order valence-electron chi connectivity index (χ2n) is 6.50. The summed E-state index contributed by atoms with van der Waals surface area (Å²) in [6.07, 6.45) is 2.38. The largest absolute Gasteiger partial charge is 0.368 e. The first-order valence-electron chi connectivity index (χ1n) is 8.86. The first-order chi connectivity index (χ1) is 13.1. The molecular weight excluding hydrogens is 344 g/mol. The molecule has 1 N–H and O–H groups in total. The third kappa shape index (κ3) is 4.42. The van der Waals surface area contributed by atoms with Gasteiger partial charge in [0.15, 0.2) is 0 Å². The highest BCUT2D eigenvalue weighted by Crippen LogP contribution is 2.28. The summed E-state index contributed by atoms with van der Waals surface area (Å²) in [6.45, 7) is 1.30. The maximum absolute atomic E-state index is 12.6. The number of hydrogen-bond acceptors (Lipinski definition) is 5. The number of carbonyl (C=O) groups is 1. The van der Waals surface area contributed by atoms with Crippen LogP contribution in [0.1, 0.15) is 24.0 Å². The Labute approximate surface area is 157 Å². The lowest BCUT2D eigenvalue weighted by Crippen LogP contribution is -2.34. The van der Waals surface area contributed by atoms with Crippen molar-refractivity contribution in [3.63, 3.8) is 0 Å². The molecule has 1 amide bonds. The summed E-state index contributed by atoms with van der Waals surface area (Å²) in [6, 6.07) is 15.7. The lowest BCUT2D eigenvalue weighted by Gasteiger charge is -2.17. The van der Waals surface area contributed by atoms with Crippen LogP contribution in [0.4, 0.5) is 11.4 Å². The Hall–Kier alpha value is -3.40. The lowest BCUT2D eigenvalue weighted by molar-refractivity contribution is -0.384. The van der Waals surface area contributed by atoms with Gasteiger partial charge in [-0.05, 0) is 37.0 Å². The van der Waals surface area contributed by atoms with Crippen molar-refractivity contribution < 1.29 is 9.72 Å². The van der Waals surface area contributed by atoms with Gasteiger partial charge in [-0.15, -0.1) is 0 Å². The van der Waals surface area contributed by atoms with E-state index in [1.807, 2.05) is 24.3 Å². The van der Waals surface area contributed by atoms with Gasteiger partial charge in [0.05, 0.1) is 16.6 Å². The number of nitriles is 1. The summed E-state index contributed by atoms with van der Waals surface area (Å²) >= 11 is 0. The van der Waals surface area contributed by atoms with E-state index in [-0.39, 0.29) is 22.8 Å². The first-order valence-corrected chi connectivity index (χ1v) is 8.86. The van der Waals surface area contributed by atoms with Crippen LogP contribution in [0.25, 0.3) is 0 Å². The van der Waals surface area contributed by atoms with Gasteiger partial charge in [0, 0.05) is 19.2 Å². The van der Waals surface area contributed by atoms with Crippen LogP contribution in [0.5, 0.6) is 0 Å². The maximum atomic E-state index is 12.6. The van der Waals surface area contributed by atoms with Crippen molar-refractivity contribution in [1.82, 2.24) is 4.90 Å². The van der Waals surface area contributed by atoms with Crippen LogP contribution >= 0.6 is 0 Å². The number of hydrogen-bond donors (Lipinski definition) is 1. The molecule has 1 aliphatic rings. The summed E-state index contributed by atoms with van der Waals surface area (Å²) in [4.78, 5) is 25.1. The van der Waals surface area contributed by atoms with Crippen LogP contribution in [-0.2, 0) is 11.2 Å². The van der Waals surface area contributed by atoms with E-state index in [1.165, 1.54) is 23.8 Å². The number of aryl methyl sites for hydroxylation is 1. The van der Waals surface area contributed by atoms with Crippen molar-refractivity contribution in [2.75, 3.05) is 18.4 Å². The van der Waals surface area contributed by atoms with Crippen molar-refractivity contribution in [2.24, 2.45) is 0 Å². The molecule has 0 spiro atoms. The third-order valence-corrected chi connectivity index (χ3v) is 4.69. The van der Waals surface area contributed by atoms with Crippen LogP contribution in [0.2, 0.25) is 0 Å². The van der Waals surface area contributed by atoms with Gasteiger partial charge in [0.1, 0.15) is 11.7 Å². The van der Waals surface area contributed by atoms with Crippen molar-refractivity contribution >= 4 is 17.3 Å². The zero-order chi connectivity index (χ0) is 19.2. The van der Waals surface area contributed by atoms with E-state index in [0.717, 1.165) is 12.8 Å². The van der Waals surface area contributed by atoms with Crippen molar-refractivity contribution in [3.05, 3.63) is 69.8 Å². The number of nitro benzene ring substituents is 1. The fourth-order valence-electron chi connectivity index (χ4n) is 3.28. The second kappa shape index (κ2) is 8.32. The predicted octanol–water partition coefficient (Wildman–Crippen LogP) is 3.11. The zero-order valence-corrected chi connectivity index (χ0v) is 14.8. The Kier molecular flexibility index (Phi) is 5.67. The molecule has 7 heteroatoms. The number of nitrogens with one attached hydrogen (secondary N) is 1. The fourth-order valence-corrected chi connectivity index (χ4v) is 3.28. The van der Waals surface area contributed by atoms with Gasteiger partial charge in [-0.2, -0.15) is 5.26 Å². The standard InChI is InChI=1S/C20H20N4O3/c21-14-16-8-9-17(19(13-16)24(26)27)22-18-10-12-23(20(18)25)11-4-7-15-5-2-1-3-6-15/h1-3,5-6,8-9,13,18,22H,4,7,10-12H2. The molecule has 0 aromatic heterocycles. The first kappa shape index (κ1) is 18.4. The van der Waals surface area contributed by atoms with Crippen molar-refractivity contribution in [3.8, 4) is 6.07 Å². The van der Waals surface area contributed by atoms with Gasteiger partial charge in [-0.3, -0.25) is 14.9 Å². The quantitative estimate of drug-likeness (QED) is 0.601. The van der Waals surface area contributed by atoms with E-state index in [2.05, 4.69) is 17.4 Å². The summed E-state index contributed by atoms with van der Waals surface area (Å²) in [5, 5.41) is 23.1. The topological polar surface area (TPSA) is 99.3 Å². The van der Waals surface area contributed by atoms with Crippen LogP contribution in [-0.4, -0.2) is 34.9 Å². The molecule has 1 unspecified atom stereocenters. The molecule has 0 radical (unpaired) electrons. The van der Waals surface area contributed by atoms with Crippen LogP contribution in [0.3, 0.4) is 0 Å². The summed E-state index contributed by atoms with van der Waals surface area (Å²) < 4.78 is 0. The van der Waals surface area contributed by atoms with E-state index in [9.17, 15) is 14.9 Å². The average Bonchev–Trinajstić information content (AvgIpc) is 3.02. The minimum absolute atomic E-state index is 0.0401. The Morgan fingerprint density at radius 2 is 2.04 bits per heavy atom. The normalized spacial score (nSPS) is 16.2. The van der Waals surface area contributed by atoms with Crippen LogP contribution in [0.15, 0.2) is 48.5 Å². The SMILES string of the molecule is N#Cc1ccc(NC2CCN(CCCc3ccccc3)C2=O)c([N+](=O)[O-])c1. The van der Waals surface area contributed by atoms with Crippen LogP contribution in [0, 0.1) is 21.4 Å². The molecule has 138 valence electrons. The molecule has 1 atom stereocenters. The van der Waals surface area contributed by atoms with Gasteiger partial charge in [0.25, 0.3) is 5.69 Å². The lowest BCUT2D eigenvalue weighted by atomic mass is 10.1. The zero-order valence-electron chi connectivity index (χ0n) is 14.8. The number of amides is 1. The highest BCUT2D eigenvalue weighted by molar-refractivity contribution is 5.87. The highest BCUT2D eigenvalue weighted by Gasteiger charge is 2.32. The van der Waals surface area contributed by atoms with E-state index < -0.39 is 11.0 Å². The van der Waals surface area contributed by atoms with E-state index in [1.54, 1.807) is 4.90 Å². The minimum Gasteiger partial charge on any atom is -0.368 e. The Morgan fingerprint density at radius 1 is 1.26 bits per heavy atom. The molecule has 2 aromatic carbocycles. The number of anilines is 1. The van der Waals surface area contributed by atoms with Gasteiger partial charge < -0.3 is 10.2 Å². The molecule has 1 heterocycles. The summed E-state index contributed by atoms with van der Waals surface area (Å²) in [5.74, 6) is -0.0401. The molecule has 1 aliphatic heterocycles. The molecule has 0 saturated carbocycles. The molecule has 27 heavy (non-hydrogen) atoms. The van der Waals surface area contributed by atoms with Crippen LogP contribution < -0.4 is 5.32 Å². The average molecular weight is 364 g/mol. The van der Waals surface area contributed by atoms with Gasteiger partial charge >= 0.3 is 0 Å². The monoisotopic (exact) mass is 364 g/mol. The van der Waals surface area contributed by atoms with Crippen molar-refractivity contribution in [2.45, 2.75) is 25.3 Å². The van der Waals surface area contributed by atoms with E-state index in [4.69, 9.17) is 5.26 Å². The Morgan fingerprint density at radius 3 is 2.74 bits per heavy atom. The number of carbonyl (C=O) groups excluding carboxylic acids is 1. The predicted molar refractivity (Wildman–Crippen MR) is 101 cm³/mol. The summed E-state index contributed by atoms with van der Waals surface area (Å²) in [7, 11) is 0. The molecule has 2 aromatic rings. The van der Waals surface area contributed by atoms with Gasteiger partial charge in [-0.1, -0.05) is 30.3 Å². The smallest absolute Gasteiger partial charge is 0.293 e. The number of likely N-dealkylation sites (tertiary alicyclic amines) is 1. The third-order valence-electron chi connectivity index (χ3n) is 4.69. The molecule has 1 saturated heterocycles. The summed E-state index contributed by atoms with van der Waals surface area (Å²) in [5.41, 5.74) is 1.53. The molecule has 3 rings (SSSR count). The molecule has 0 aliphatic carbocycles. The molecule has 0 bridgehead atoms. The number of nitro groups is 1. The van der Waals surface area contributed by atoms with E-state index in [0.29, 0.717) is 19.5 Å². The van der Waals surface area contributed by atoms with Gasteiger partial charge in [-0.25, -0.2) is 0 Å². The number of nitrogens with zero attached hydrogens (tertiary/aromatic N) is 3. The second-order valence-corrected chi connectivity index (χ2v) is 6.50. The molecule has 7 nitrogen and oxygen atoms in total. The molecular formula is C20H20N4O3. The Balaban J connectivity index is 1.59. The Bertz CT molecular complexity index is 877. The highest BCUT2D eigenvalue weighted by atomic mass is 16.6. The van der Waals surface area contributed by atoms with Gasteiger partial charge in [0.2, 0.25) is 5.91 Å². The van der Waals surface area contributed by atoms with Crippen molar-refractivity contribution in [1.29, 1.82) is 5.26 Å². The maximum Gasteiger partial charge on any atom is 0.293 e. The number of benzene rings is 2.